The molecule has 1 aromatic carbocycles. The summed E-state index contributed by atoms with van der Waals surface area (Å²) in [5, 5.41) is 14.0. The van der Waals surface area contributed by atoms with Gasteiger partial charge in [0, 0.05) is 25.3 Å². The second-order valence-electron chi connectivity index (χ2n) is 11.0. The van der Waals surface area contributed by atoms with Gasteiger partial charge in [0.1, 0.15) is 0 Å². The summed E-state index contributed by atoms with van der Waals surface area (Å²) in [7, 11) is 0. The number of tetrazole rings is 1. The molecule has 0 radical (unpaired) electrons. The molecule has 0 spiro atoms. The number of nitrogens with zero attached hydrogens (tertiary/aromatic N) is 5. The topological polar surface area (TPSA) is 88.9 Å². The molecule has 3 heterocycles. The van der Waals surface area contributed by atoms with Gasteiger partial charge in [-0.15, -0.1) is 5.10 Å². The van der Waals surface area contributed by atoms with Gasteiger partial charge in [-0.1, -0.05) is 32.9 Å². The van der Waals surface area contributed by atoms with Gasteiger partial charge in [-0.3, -0.25) is 9.69 Å². The lowest BCUT2D eigenvalue weighted by atomic mass is 9.96. The maximum Gasteiger partial charge on any atom is 0.252 e. The van der Waals surface area contributed by atoms with Crippen LogP contribution in [-0.4, -0.2) is 49.3 Å². The molecule has 8 nitrogen and oxygen atoms in total. The predicted molar refractivity (Wildman–Crippen MR) is 138 cm³/mol. The molecule has 3 aromatic rings. The van der Waals surface area contributed by atoms with Crippen molar-refractivity contribution in [2.75, 3.05) is 13.2 Å². The summed E-state index contributed by atoms with van der Waals surface area (Å²) >= 11 is 0. The number of hydrogen-bond acceptors (Lipinski definition) is 6. The van der Waals surface area contributed by atoms with Crippen LogP contribution in [0, 0.1) is 19.8 Å². The van der Waals surface area contributed by atoms with Crippen molar-refractivity contribution in [1.29, 1.82) is 0 Å². The van der Waals surface area contributed by atoms with Crippen LogP contribution in [0.2, 0.25) is 0 Å². The highest BCUT2D eigenvalue weighted by Crippen LogP contribution is 2.33. The van der Waals surface area contributed by atoms with Crippen molar-refractivity contribution in [2.45, 2.75) is 92.0 Å². The Balaban J connectivity index is 1.77. The first-order chi connectivity index (χ1) is 16.6. The number of nitrogens with one attached hydrogen (secondary N) is 1. The monoisotopic (exact) mass is 480 g/mol. The van der Waals surface area contributed by atoms with E-state index < -0.39 is 0 Å². The zero-order valence-corrected chi connectivity index (χ0v) is 22.3. The van der Waals surface area contributed by atoms with Crippen molar-refractivity contribution in [2.24, 2.45) is 5.92 Å². The number of ether oxygens (including phenoxy) is 1. The van der Waals surface area contributed by atoms with Crippen LogP contribution in [0.3, 0.4) is 0 Å². The van der Waals surface area contributed by atoms with Crippen LogP contribution in [0.1, 0.15) is 82.4 Å². The highest BCUT2D eigenvalue weighted by atomic mass is 16.5. The third-order valence-corrected chi connectivity index (χ3v) is 7.69. The number of aromatic amines is 1. The third kappa shape index (κ3) is 5.19. The fraction of sp³-hybridized carbons (Fsp3) is 0.630. The SMILES string of the molecule is CCC(C)(C)n1nnnc1[C@H](C(C)C)N(Cc1cc2ccc(C)c(C)c2[nH]c1=O)C[C@@H]1CCCO1. The van der Waals surface area contributed by atoms with Crippen LogP contribution < -0.4 is 5.56 Å². The van der Waals surface area contributed by atoms with Crippen molar-refractivity contribution in [3.8, 4) is 0 Å². The summed E-state index contributed by atoms with van der Waals surface area (Å²) in [6, 6.07) is 6.18. The summed E-state index contributed by atoms with van der Waals surface area (Å²) < 4.78 is 8.00. The van der Waals surface area contributed by atoms with E-state index in [9.17, 15) is 4.79 Å². The average molecular weight is 481 g/mol. The van der Waals surface area contributed by atoms with Crippen LogP contribution in [0.25, 0.3) is 10.9 Å². The standard InChI is InChI=1S/C27H40N6O2/c1-8-27(6,7)33-25(29-30-31-33)24(17(2)3)32(16-22-10-9-13-35-22)15-21-14-20-12-11-18(4)19(5)23(20)28-26(21)34/h11-12,14,17,22,24H,8-10,13,15-16H2,1-7H3,(H,28,34)/t22-,24-/m0/s1. The molecule has 2 aromatic heterocycles. The molecule has 1 fully saturated rings. The Morgan fingerprint density at radius 2 is 2.06 bits per heavy atom. The second kappa shape index (κ2) is 10.2. The molecule has 2 atom stereocenters. The van der Waals surface area contributed by atoms with Crippen LogP contribution in [0.5, 0.6) is 0 Å². The molecule has 0 bridgehead atoms. The van der Waals surface area contributed by atoms with E-state index in [1.165, 1.54) is 5.56 Å². The average Bonchev–Trinajstić information content (AvgIpc) is 3.50. The summed E-state index contributed by atoms with van der Waals surface area (Å²) in [6.07, 6.45) is 3.15. The minimum absolute atomic E-state index is 0.0421. The van der Waals surface area contributed by atoms with E-state index >= 15 is 0 Å². The Bertz CT molecular complexity index is 1220. The zero-order chi connectivity index (χ0) is 25.3. The molecule has 1 N–H and O–H groups in total. The lowest BCUT2D eigenvalue weighted by Crippen LogP contribution is -2.41. The summed E-state index contributed by atoms with van der Waals surface area (Å²) in [5.41, 5.74) is 3.70. The van der Waals surface area contributed by atoms with Gasteiger partial charge in [0.2, 0.25) is 0 Å². The number of aromatic nitrogens is 5. The van der Waals surface area contributed by atoms with Crippen LogP contribution in [0.4, 0.5) is 0 Å². The molecule has 1 aliphatic rings. The highest BCUT2D eigenvalue weighted by molar-refractivity contribution is 5.83. The molecule has 8 heteroatoms. The smallest absolute Gasteiger partial charge is 0.252 e. The molecule has 190 valence electrons. The van der Waals surface area contributed by atoms with Crippen molar-refractivity contribution in [1.82, 2.24) is 30.1 Å². The van der Waals surface area contributed by atoms with Crippen molar-refractivity contribution in [3.05, 3.63) is 51.1 Å². The summed E-state index contributed by atoms with van der Waals surface area (Å²) in [5.74, 6) is 1.08. The summed E-state index contributed by atoms with van der Waals surface area (Å²) in [6.45, 7) is 17.0. The molecule has 4 rings (SSSR count). The molecule has 0 amide bonds. The lowest BCUT2D eigenvalue weighted by molar-refractivity contribution is 0.0368. The van der Waals surface area contributed by atoms with Crippen molar-refractivity contribution >= 4 is 10.9 Å². The maximum atomic E-state index is 13.3. The van der Waals surface area contributed by atoms with E-state index in [2.05, 4.69) is 86.0 Å². The van der Waals surface area contributed by atoms with Gasteiger partial charge in [-0.05, 0) is 85.9 Å². The van der Waals surface area contributed by atoms with Crippen LogP contribution in [-0.2, 0) is 16.8 Å². The minimum Gasteiger partial charge on any atom is -0.377 e. The largest absolute Gasteiger partial charge is 0.377 e. The van der Waals surface area contributed by atoms with Gasteiger partial charge in [0.25, 0.3) is 5.56 Å². The van der Waals surface area contributed by atoms with Crippen molar-refractivity contribution < 1.29 is 4.74 Å². The van der Waals surface area contributed by atoms with Gasteiger partial charge in [-0.25, -0.2) is 4.68 Å². The fourth-order valence-electron chi connectivity index (χ4n) is 5.08. The minimum atomic E-state index is -0.211. The van der Waals surface area contributed by atoms with E-state index in [1.54, 1.807) is 0 Å². The predicted octanol–water partition coefficient (Wildman–Crippen LogP) is 4.65. The Hall–Kier alpha value is -2.58. The number of hydrogen-bond donors (Lipinski definition) is 1. The van der Waals surface area contributed by atoms with Crippen LogP contribution >= 0.6 is 0 Å². The van der Waals surface area contributed by atoms with Crippen LogP contribution in [0.15, 0.2) is 23.0 Å². The molecule has 0 saturated carbocycles. The molecule has 1 saturated heterocycles. The van der Waals surface area contributed by atoms with Crippen molar-refractivity contribution in [3.63, 3.8) is 0 Å². The Morgan fingerprint density at radius 1 is 1.29 bits per heavy atom. The summed E-state index contributed by atoms with van der Waals surface area (Å²) in [4.78, 5) is 18.8. The first kappa shape index (κ1) is 25.5. The number of H-pyrrole nitrogens is 1. The third-order valence-electron chi connectivity index (χ3n) is 7.69. The number of aryl methyl sites for hydroxylation is 2. The zero-order valence-electron chi connectivity index (χ0n) is 22.3. The van der Waals surface area contributed by atoms with E-state index in [1.807, 2.05) is 10.7 Å². The van der Waals surface area contributed by atoms with Gasteiger partial charge < -0.3 is 9.72 Å². The van der Waals surface area contributed by atoms with E-state index in [-0.39, 0.29) is 29.2 Å². The molecule has 0 aliphatic carbocycles. The highest BCUT2D eigenvalue weighted by Gasteiger charge is 2.35. The maximum absolute atomic E-state index is 13.3. The lowest BCUT2D eigenvalue weighted by Gasteiger charge is -2.36. The normalized spacial score (nSPS) is 17.7. The molecular formula is C27H40N6O2. The van der Waals surface area contributed by atoms with Gasteiger partial charge >= 0.3 is 0 Å². The molecule has 1 aliphatic heterocycles. The van der Waals surface area contributed by atoms with Gasteiger partial charge in [0.05, 0.1) is 23.2 Å². The second-order valence-corrected chi connectivity index (χ2v) is 11.0. The Labute approximate surface area is 208 Å². The quantitative estimate of drug-likeness (QED) is 0.479. The molecule has 35 heavy (non-hydrogen) atoms. The first-order valence-electron chi connectivity index (χ1n) is 12.9. The number of pyridine rings is 1. The number of rotatable bonds is 9. The van der Waals surface area contributed by atoms with E-state index in [0.717, 1.165) is 60.3 Å². The van der Waals surface area contributed by atoms with E-state index in [4.69, 9.17) is 4.74 Å². The first-order valence-corrected chi connectivity index (χ1v) is 12.9. The fourth-order valence-corrected chi connectivity index (χ4v) is 5.08. The molecule has 0 unspecified atom stereocenters. The number of benzene rings is 1. The molecular weight excluding hydrogens is 440 g/mol. The number of fused-ring (bicyclic) bond motifs is 1. The van der Waals surface area contributed by atoms with Gasteiger partial charge in [-0.2, -0.15) is 0 Å². The van der Waals surface area contributed by atoms with Gasteiger partial charge in [0.15, 0.2) is 5.82 Å². The van der Waals surface area contributed by atoms with E-state index in [0.29, 0.717) is 6.54 Å². The Morgan fingerprint density at radius 3 is 2.71 bits per heavy atom. The Kier molecular flexibility index (Phi) is 7.43.